The number of fused-ring (bicyclic) bond motifs is 3. The first-order valence-electron chi connectivity index (χ1n) is 12.4. The number of aryl methyl sites for hydroxylation is 1. The summed E-state index contributed by atoms with van der Waals surface area (Å²) in [5.74, 6) is -2.22. The van der Waals surface area contributed by atoms with Crippen LogP contribution in [0.25, 0.3) is 10.9 Å². The van der Waals surface area contributed by atoms with Crippen LogP contribution in [-0.4, -0.2) is 45.1 Å². The lowest BCUT2D eigenvalue weighted by Gasteiger charge is -2.37. The van der Waals surface area contributed by atoms with Gasteiger partial charge in [0, 0.05) is 23.3 Å². The van der Waals surface area contributed by atoms with Crippen LogP contribution in [0.1, 0.15) is 63.1 Å². The van der Waals surface area contributed by atoms with E-state index in [1.54, 1.807) is 25.1 Å². The van der Waals surface area contributed by atoms with Crippen LogP contribution in [0.4, 0.5) is 13.2 Å². The molecule has 36 heavy (non-hydrogen) atoms. The Morgan fingerprint density at radius 3 is 2.75 bits per heavy atom. The predicted molar refractivity (Wildman–Crippen MR) is 129 cm³/mol. The number of para-hydroxylation sites is 1. The number of nitrogens with zero attached hydrogens (tertiary/aromatic N) is 2. The van der Waals surface area contributed by atoms with Crippen molar-refractivity contribution in [1.29, 1.82) is 0 Å². The molecule has 0 saturated carbocycles. The average molecular weight is 505 g/mol. The molecule has 1 saturated heterocycles. The molecule has 1 spiro atoms. The van der Waals surface area contributed by atoms with Gasteiger partial charge < -0.3 is 14.7 Å². The van der Waals surface area contributed by atoms with Gasteiger partial charge in [0.15, 0.2) is 11.4 Å². The number of likely N-dealkylation sites (tertiary alicyclic amines) is 1. The Kier molecular flexibility index (Phi) is 7.29. The van der Waals surface area contributed by atoms with Crippen LogP contribution >= 0.6 is 0 Å². The zero-order chi connectivity index (χ0) is 26.1. The van der Waals surface area contributed by atoms with Crippen LogP contribution in [0.2, 0.25) is 0 Å². The maximum absolute atomic E-state index is 14.0. The van der Waals surface area contributed by atoms with Gasteiger partial charge in [0.05, 0.1) is 12.1 Å². The Labute approximate surface area is 208 Å². The number of carbonyl (C=O) groups is 2. The first-order chi connectivity index (χ1) is 17.1. The van der Waals surface area contributed by atoms with Gasteiger partial charge >= 0.3 is 12.1 Å². The van der Waals surface area contributed by atoms with Gasteiger partial charge in [0.25, 0.3) is 0 Å². The fourth-order valence-corrected chi connectivity index (χ4v) is 5.41. The van der Waals surface area contributed by atoms with E-state index in [0.717, 1.165) is 25.7 Å². The number of aliphatic carboxylic acids is 1. The highest BCUT2D eigenvalue weighted by Gasteiger charge is 2.54. The quantitative estimate of drug-likeness (QED) is 0.364. The van der Waals surface area contributed by atoms with Gasteiger partial charge in [-0.1, -0.05) is 44.0 Å². The van der Waals surface area contributed by atoms with Crippen LogP contribution in [0, 0.1) is 5.92 Å². The zero-order valence-electron chi connectivity index (χ0n) is 20.3. The Hall–Kier alpha value is -3.10. The van der Waals surface area contributed by atoms with Crippen LogP contribution in [-0.2, 0) is 22.2 Å². The molecule has 4 rings (SSSR count). The number of rotatable bonds is 8. The van der Waals surface area contributed by atoms with E-state index in [2.05, 4.69) is 11.6 Å². The molecular formula is C27H31F3N2O4. The number of allylic oxidation sites excluding steroid dienone is 1. The van der Waals surface area contributed by atoms with E-state index in [4.69, 9.17) is 4.74 Å². The summed E-state index contributed by atoms with van der Waals surface area (Å²) in [6.45, 7) is 5.40. The average Bonchev–Trinajstić information content (AvgIpc) is 3.21. The lowest BCUT2D eigenvalue weighted by molar-refractivity contribution is -0.149. The number of carboxylic acids is 1. The zero-order valence-corrected chi connectivity index (χ0v) is 20.3. The van der Waals surface area contributed by atoms with Crippen molar-refractivity contribution in [2.45, 2.75) is 76.1 Å². The molecule has 3 atom stereocenters. The summed E-state index contributed by atoms with van der Waals surface area (Å²) in [4.78, 5) is 30.5. The second kappa shape index (κ2) is 10.1. The number of benzene rings is 1. The van der Waals surface area contributed by atoms with Gasteiger partial charge in [-0.15, -0.1) is 6.58 Å². The van der Waals surface area contributed by atoms with E-state index in [1.165, 1.54) is 11.0 Å². The highest BCUT2D eigenvalue weighted by molar-refractivity contribution is 5.87. The van der Waals surface area contributed by atoms with E-state index in [9.17, 15) is 27.9 Å². The van der Waals surface area contributed by atoms with Crippen molar-refractivity contribution in [3.05, 3.63) is 48.2 Å². The maximum Gasteiger partial charge on any atom is 0.437 e. The minimum atomic E-state index is -4.74. The number of halogens is 3. The van der Waals surface area contributed by atoms with Gasteiger partial charge in [-0.25, -0.2) is 9.78 Å². The number of hydrogen-bond donors (Lipinski definition) is 1. The number of aromatic nitrogens is 1. The van der Waals surface area contributed by atoms with Crippen molar-refractivity contribution in [3.8, 4) is 5.75 Å². The first kappa shape index (κ1) is 26.0. The minimum Gasteiger partial charge on any atom is -0.483 e. The Balaban J connectivity index is 1.60. The number of carboxylic acid groups (broad SMARTS) is 1. The van der Waals surface area contributed by atoms with E-state index in [-0.39, 0.29) is 36.6 Å². The maximum atomic E-state index is 14.0. The summed E-state index contributed by atoms with van der Waals surface area (Å²) in [6.07, 6.45) is 1.89. The highest BCUT2D eigenvalue weighted by Crippen LogP contribution is 2.48. The molecule has 0 bridgehead atoms. The predicted octanol–water partition coefficient (Wildman–Crippen LogP) is 5.78. The number of unbranched alkanes of at least 4 members (excludes halogenated alkanes) is 3. The molecule has 0 unspecified atom stereocenters. The first-order valence-corrected chi connectivity index (χ1v) is 12.4. The van der Waals surface area contributed by atoms with Gasteiger partial charge in [-0.3, -0.25) is 4.79 Å². The number of pyridine rings is 1. The van der Waals surface area contributed by atoms with E-state index in [1.807, 2.05) is 6.08 Å². The molecule has 6 nitrogen and oxygen atoms in total. The topological polar surface area (TPSA) is 79.7 Å². The summed E-state index contributed by atoms with van der Waals surface area (Å²) in [7, 11) is 0. The molecule has 0 aliphatic carbocycles. The Morgan fingerprint density at radius 2 is 2.06 bits per heavy atom. The minimum absolute atomic E-state index is 0.0623. The second-order valence-electron chi connectivity index (χ2n) is 9.92. The molecular weight excluding hydrogens is 473 g/mol. The molecule has 2 aliphatic heterocycles. The molecule has 9 heteroatoms. The van der Waals surface area contributed by atoms with Crippen molar-refractivity contribution < 1.29 is 32.6 Å². The third-order valence-corrected chi connectivity index (χ3v) is 7.30. The van der Waals surface area contributed by atoms with Crippen molar-refractivity contribution in [1.82, 2.24) is 9.88 Å². The summed E-state index contributed by atoms with van der Waals surface area (Å²) < 4.78 is 48.0. The molecule has 1 aromatic carbocycles. The monoisotopic (exact) mass is 504 g/mol. The normalized spacial score (nSPS) is 22.3. The molecule has 3 heterocycles. The number of amides is 1. The van der Waals surface area contributed by atoms with Gasteiger partial charge in [-0.05, 0) is 38.2 Å². The van der Waals surface area contributed by atoms with E-state index < -0.39 is 35.4 Å². The number of ether oxygens (including phenoxy) is 1. The second-order valence-corrected chi connectivity index (χ2v) is 9.92. The smallest absolute Gasteiger partial charge is 0.437 e. The molecule has 194 valence electrons. The van der Waals surface area contributed by atoms with Crippen LogP contribution in [0.15, 0.2) is 36.9 Å². The van der Waals surface area contributed by atoms with Crippen molar-refractivity contribution in [3.63, 3.8) is 0 Å². The fraction of sp³-hybridized carbons (Fsp3) is 0.519. The van der Waals surface area contributed by atoms with Gasteiger partial charge in [0.2, 0.25) is 5.91 Å². The third-order valence-electron chi connectivity index (χ3n) is 7.30. The summed E-state index contributed by atoms with van der Waals surface area (Å²) in [6, 6.07) is 5.46. The standard InChI is InChI=1S/C27H31F3N2O4/c1-3-4-5-6-7-10-17(2)24(33)32-16-26(15-21(32)25(34)35)14-13-19-18-11-8-9-12-20(18)31-23(22(19)36-26)27(28,29)30/h3,8-9,11-12,17,21H,1,4-7,10,13-16H2,2H3,(H,34,35)/t17-,21-,26+/m0/s1. The van der Waals surface area contributed by atoms with Crippen molar-refractivity contribution in [2.24, 2.45) is 5.92 Å². The molecule has 2 aliphatic rings. The number of carbonyl (C=O) groups excluding carboxylic acids is 1. The molecule has 1 N–H and O–H groups in total. The van der Waals surface area contributed by atoms with Crippen LogP contribution in [0.3, 0.4) is 0 Å². The van der Waals surface area contributed by atoms with Crippen LogP contribution < -0.4 is 4.74 Å². The fourth-order valence-electron chi connectivity index (χ4n) is 5.41. The molecule has 1 fully saturated rings. The lowest BCUT2D eigenvalue weighted by atomic mass is 9.87. The summed E-state index contributed by atoms with van der Waals surface area (Å²) in [5, 5.41) is 10.5. The van der Waals surface area contributed by atoms with E-state index >= 15 is 0 Å². The SMILES string of the molecule is C=CCCCCC[C@H](C)C(=O)N1C[C@@]2(CCc3c(c(C(F)(F)F)nc4ccccc34)O2)C[C@H]1C(=O)O. The Morgan fingerprint density at radius 1 is 1.31 bits per heavy atom. The molecule has 1 amide bonds. The summed E-state index contributed by atoms with van der Waals surface area (Å²) in [5.41, 5.74) is -1.67. The Bertz CT molecular complexity index is 1170. The molecule has 2 aromatic rings. The summed E-state index contributed by atoms with van der Waals surface area (Å²) >= 11 is 0. The van der Waals surface area contributed by atoms with Gasteiger partial charge in [-0.2, -0.15) is 13.2 Å². The van der Waals surface area contributed by atoms with Gasteiger partial charge in [0.1, 0.15) is 11.6 Å². The number of hydrogen-bond acceptors (Lipinski definition) is 4. The van der Waals surface area contributed by atoms with E-state index in [0.29, 0.717) is 23.8 Å². The van der Waals surface area contributed by atoms with Crippen LogP contribution in [0.5, 0.6) is 5.75 Å². The molecule has 1 aromatic heterocycles. The third kappa shape index (κ3) is 5.06. The largest absolute Gasteiger partial charge is 0.483 e. The van der Waals surface area contributed by atoms with Crippen molar-refractivity contribution in [2.75, 3.05) is 6.54 Å². The lowest BCUT2D eigenvalue weighted by Crippen LogP contribution is -2.46. The number of alkyl halides is 3. The molecule has 0 radical (unpaired) electrons. The highest BCUT2D eigenvalue weighted by atomic mass is 19.4. The van der Waals surface area contributed by atoms with Crippen molar-refractivity contribution >= 4 is 22.8 Å².